The summed E-state index contributed by atoms with van der Waals surface area (Å²) in [4.78, 5) is 27.0. The second-order valence-corrected chi connectivity index (χ2v) is 8.74. The van der Waals surface area contributed by atoms with Gasteiger partial charge in [-0.25, -0.2) is 0 Å². The third-order valence-corrected chi connectivity index (χ3v) is 6.33. The molecule has 4 heteroatoms. The Bertz CT molecular complexity index is 492. The van der Waals surface area contributed by atoms with Crippen LogP contribution in [0.3, 0.4) is 0 Å². The van der Waals surface area contributed by atoms with Gasteiger partial charge in [-0.15, -0.1) is 0 Å². The maximum Gasteiger partial charge on any atom is 0.248 e. The zero-order valence-electron chi connectivity index (χ0n) is 14.0. The predicted molar refractivity (Wildman–Crippen MR) is 81.6 cm³/mol. The minimum Gasteiger partial charge on any atom is -0.342 e. The van der Waals surface area contributed by atoms with Crippen molar-refractivity contribution >= 4 is 11.8 Å². The molecule has 1 N–H and O–H groups in total. The molecule has 21 heavy (non-hydrogen) atoms. The molecule has 0 spiro atoms. The van der Waals surface area contributed by atoms with E-state index in [2.05, 4.69) is 26.1 Å². The van der Waals surface area contributed by atoms with Crippen molar-refractivity contribution in [2.75, 3.05) is 6.54 Å². The number of nitrogens with zero attached hydrogens (tertiary/aromatic N) is 1. The Labute approximate surface area is 127 Å². The lowest BCUT2D eigenvalue weighted by molar-refractivity contribution is -0.145. The number of nitrogens with one attached hydrogen (secondary N) is 1. The Morgan fingerprint density at radius 1 is 1.14 bits per heavy atom. The topological polar surface area (TPSA) is 49.4 Å². The van der Waals surface area contributed by atoms with Crippen LogP contribution < -0.4 is 5.32 Å². The molecule has 3 unspecified atom stereocenters. The van der Waals surface area contributed by atoms with Crippen molar-refractivity contribution < 1.29 is 9.59 Å². The van der Waals surface area contributed by atoms with E-state index in [4.69, 9.17) is 0 Å². The number of rotatable bonds is 1. The first-order valence-corrected chi connectivity index (χ1v) is 8.20. The number of carbonyl (C=O) groups is 2. The van der Waals surface area contributed by atoms with E-state index in [9.17, 15) is 9.59 Å². The van der Waals surface area contributed by atoms with E-state index in [0.29, 0.717) is 18.9 Å². The summed E-state index contributed by atoms with van der Waals surface area (Å²) >= 11 is 0. The molecule has 0 aromatic carbocycles. The molecule has 1 aliphatic heterocycles. The van der Waals surface area contributed by atoms with Crippen molar-refractivity contribution in [2.45, 2.75) is 71.9 Å². The number of hydrogen-bond donors (Lipinski definition) is 1. The summed E-state index contributed by atoms with van der Waals surface area (Å²) in [6.45, 7) is 11.2. The van der Waals surface area contributed by atoms with E-state index in [-0.39, 0.29) is 28.7 Å². The van der Waals surface area contributed by atoms with Gasteiger partial charge in [0.25, 0.3) is 0 Å². The lowest BCUT2D eigenvalue weighted by Crippen LogP contribution is -2.60. The van der Waals surface area contributed by atoms with Gasteiger partial charge in [-0.2, -0.15) is 0 Å². The maximum absolute atomic E-state index is 13.0. The molecule has 0 aromatic heterocycles. The molecule has 1 heterocycles. The summed E-state index contributed by atoms with van der Waals surface area (Å²) in [6, 6.07) is 0.253. The van der Waals surface area contributed by atoms with Gasteiger partial charge in [0.05, 0.1) is 0 Å². The standard InChI is InChI=1S/C17H28N2O2/c1-15(2)11-6-8-17(5,10-11)13(15)19-9-7-12(20)18-16(3,4)14(19)21/h11,13H,6-10H2,1-5H3,(H,18,20). The van der Waals surface area contributed by atoms with Gasteiger partial charge >= 0.3 is 0 Å². The summed E-state index contributed by atoms with van der Waals surface area (Å²) in [5.41, 5.74) is -0.429. The van der Waals surface area contributed by atoms with Gasteiger partial charge in [0.1, 0.15) is 5.54 Å². The van der Waals surface area contributed by atoms with Crippen LogP contribution in [-0.4, -0.2) is 34.8 Å². The van der Waals surface area contributed by atoms with E-state index < -0.39 is 5.54 Å². The zero-order valence-corrected chi connectivity index (χ0v) is 14.0. The van der Waals surface area contributed by atoms with E-state index in [1.807, 2.05) is 18.7 Å². The Hall–Kier alpha value is -1.06. The number of fused-ring (bicyclic) bond motifs is 2. The molecule has 3 rings (SSSR count). The average Bonchev–Trinajstić information content (AvgIpc) is 2.79. The lowest BCUT2D eigenvalue weighted by Gasteiger charge is -2.49. The van der Waals surface area contributed by atoms with Crippen molar-refractivity contribution in [1.82, 2.24) is 10.2 Å². The molecule has 0 radical (unpaired) electrons. The summed E-state index contributed by atoms with van der Waals surface area (Å²) < 4.78 is 0. The fourth-order valence-electron chi connectivity index (χ4n) is 5.45. The first-order valence-electron chi connectivity index (χ1n) is 8.20. The first kappa shape index (κ1) is 14.9. The molecule has 2 amide bonds. The summed E-state index contributed by atoms with van der Waals surface area (Å²) in [7, 11) is 0. The number of hydrogen-bond acceptors (Lipinski definition) is 2. The number of carbonyl (C=O) groups excluding carboxylic acids is 2. The van der Waals surface area contributed by atoms with Crippen molar-refractivity contribution in [3.63, 3.8) is 0 Å². The molecule has 4 nitrogen and oxygen atoms in total. The third-order valence-electron chi connectivity index (χ3n) is 6.33. The van der Waals surface area contributed by atoms with Crippen molar-refractivity contribution in [3.05, 3.63) is 0 Å². The van der Waals surface area contributed by atoms with E-state index in [1.165, 1.54) is 19.3 Å². The van der Waals surface area contributed by atoms with Crippen LogP contribution in [-0.2, 0) is 9.59 Å². The summed E-state index contributed by atoms with van der Waals surface area (Å²) in [5, 5.41) is 2.88. The van der Waals surface area contributed by atoms with Crippen LogP contribution in [0.15, 0.2) is 0 Å². The van der Waals surface area contributed by atoms with Gasteiger partial charge in [0.2, 0.25) is 11.8 Å². The van der Waals surface area contributed by atoms with Crippen LogP contribution in [0.25, 0.3) is 0 Å². The molecule has 2 saturated carbocycles. The van der Waals surface area contributed by atoms with Gasteiger partial charge in [-0.1, -0.05) is 20.8 Å². The van der Waals surface area contributed by atoms with Crippen LogP contribution >= 0.6 is 0 Å². The molecular weight excluding hydrogens is 264 g/mol. The lowest BCUT2D eigenvalue weighted by atomic mass is 9.67. The molecule has 1 saturated heterocycles. The minimum atomic E-state index is -0.790. The minimum absolute atomic E-state index is 0.0121. The third kappa shape index (κ3) is 2.01. The molecule has 2 bridgehead atoms. The van der Waals surface area contributed by atoms with Gasteiger partial charge < -0.3 is 10.2 Å². The summed E-state index contributed by atoms with van der Waals surface area (Å²) in [5.74, 6) is 0.775. The molecule has 118 valence electrons. The van der Waals surface area contributed by atoms with Crippen LogP contribution in [0.2, 0.25) is 0 Å². The Balaban J connectivity index is 1.99. The fraction of sp³-hybridized carbons (Fsp3) is 0.882. The highest BCUT2D eigenvalue weighted by molar-refractivity contribution is 5.93. The quantitative estimate of drug-likeness (QED) is 0.806. The second-order valence-electron chi connectivity index (χ2n) is 8.74. The van der Waals surface area contributed by atoms with Crippen LogP contribution in [0.5, 0.6) is 0 Å². The molecular formula is C17H28N2O2. The second kappa shape index (κ2) is 4.23. The van der Waals surface area contributed by atoms with Crippen molar-refractivity contribution in [1.29, 1.82) is 0 Å². The van der Waals surface area contributed by atoms with Gasteiger partial charge in [-0.05, 0) is 49.9 Å². The zero-order chi connectivity index (χ0) is 15.6. The maximum atomic E-state index is 13.0. The molecule has 2 aliphatic carbocycles. The largest absolute Gasteiger partial charge is 0.342 e. The smallest absolute Gasteiger partial charge is 0.248 e. The van der Waals surface area contributed by atoms with Crippen LogP contribution in [0.4, 0.5) is 0 Å². The molecule has 0 aromatic rings. The SMILES string of the molecule is CC1(C)NC(=O)CCN(C2C3(C)CCC(C3)C2(C)C)C1=O. The highest BCUT2D eigenvalue weighted by atomic mass is 16.2. The predicted octanol–water partition coefficient (Wildman–Crippen LogP) is 2.33. The van der Waals surface area contributed by atoms with E-state index in [0.717, 1.165) is 0 Å². The first-order chi connectivity index (χ1) is 9.58. The van der Waals surface area contributed by atoms with E-state index in [1.54, 1.807) is 0 Å². The monoisotopic (exact) mass is 292 g/mol. The van der Waals surface area contributed by atoms with Crippen molar-refractivity contribution in [3.8, 4) is 0 Å². The van der Waals surface area contributed by atoms with Crippen LogP contribution in [0.1, 0.15) is 60.3 Å². The van der Waals surface area contributed by atoms with Crippen molar-refractivity contribution in [2.24, 2.45) is 16.7 Å². The van der Waals surface area contributed by atoms with Gasteiger partial charge in [-0.3, -0.25) is 9.59 Å². The summed E-state index contributed by atoms with van der Waals surface area (Å²) in [6.07, 6.45) is 4.12. The number of amides is 2. The van der Waals surface area contributed by atoms with E-state index >= 15 is 0 Å². The molecule has 3 aliphatic rings. The molecule has 3 fully saturated rings. The Morgan fingerprint density at radius 3 is 2.38 bits per heavy atom. The van der Waals surface area contributed by atoms with Crippen LogP contribution in [0, 0.1) is 16.7 Å². The highest BCUT2D eigenvalue weighted by Gasteiger charge is 2.62. The fourth-order valence-corrected chi connectivity index (χ4v) is 5.45. The van der Waals surface area contributed by atoms with Gasteiger partial charge in [0.15, 0.2) is 0 Å². The highest BCUT2D eigenvalue weighted by Crippen LogP contribution is 2.64. The van der Waals surface area contributed by atoms with Gasteiger partial charge in [0, 0.05) is 19.0 Å². The Kier molecular flexibility index (Phi) is 3.00. The normalized spacial score (nSPS) is 41.1. The average molecular weight is 292 g/mol. The Morgan fingerprint density at radius 2 is 1.81 bits per heavy atom. The molecule has 3 atom stereocenters.